The van der Waals surface area contributed by atoms with E-state index < -0.39 is 0 Å². The summed E-state index contributed by atoms with van der Waals surface area (Å²) < 4.78 is 1.30. The first kappa shape index (κ1) is 16.2. The highest BCUT2D eigenvalue weighted by molar-refractivity contribution is 7.17. The van der Waals surface area contributed by atoms with Crippen LogP contribution in [0.5, 0.6) is 0 Å². The van der Waals surface area contributed by atoms with Gasteiger partial charge in [-0.3, -0.25) is 0 Å². The minimum absolute atomic E-state index is 0.600. The van der Waals surface area contributed by atoms with Crippen LogP contribution in [-0.2, 0) is 0 Å². The van der Waals surface area contributed by atoms with Crippen LogP contribution in [0, 0.1) is 0 Å². The zero-order valence-electron chi connectivity index (χ0n) is 14.0. The van der Waals surface area contributed by atoms with Crippen molar-refractivity contribution >= 4 is 39.4 Å². The highest BCUT2D eigenvalue weighted by atomic mass is 32.1. The van der Waals surface area contributed by atoms with Crippen LogP contribution >= 0.6 is 11.3 Å². The van der Waals surface area contributed by atoms with E-state index in [0.717, 1.165) is 17.7 Å². The lowest BCUT2D eigenvalue weighted by molar-refractivity contribution is 0.194. The van der Waals surface area contributed by atoms with E-state index in [2.05, 4.69) is 48.3 Å². The molecule has 1 saturated heterocycles. The van der Waals surface area contributed by atoms with Crippen molar-refractivity contribution in [2.45, 2.75) is 32.2 Å². The number of nitrogens with one attached hydrogen (secondary N) is 1. The van der Waals surface area contributed by atoms with Gasteiger partial charge in [0.05, 0.1) is 5.35 Å². The highest BCUT2D eigenvalue weighted by Gasteiger charge is 2.19. The van der Waals surface area contributed by atoms with Gasteiger partial charge in [0.2, 0.25) is 0 Å². The molecule has 0 bridgehead atoms. The maximum Gasteiger partial charge on any atom is 0.135 e. The zero-order chi connectivity index (χ0) is 16.2. The molecule has 1 aliphatic heterocycles. The maximum atomic E-state index is 4.86. The Kier molecular flexibility index (Phi) is 5.13. The Morgan fingerprint density at radius 2 is 2.35 bits per heavy atom. The number of allylic oxidation sites excluding steroid dienone is 1. The van der Waals surface area contributed by atoms with Gasteiger partial charge in [-0.1, -0.05) is 25.2 Å². The lowest BCUT2D eigenvalue weighted by Gasteiger charge is -2.32. The van der Waals surface area contributed by atoms with Gasteiger partial charge in [-0.05, 0) is 50.9 Å². The molecule has 122 valence electrons. The molecular weight excluding hydrogens is 302 g/mol. The van der Waals surface area contributed by atoms with Gasteiger partial charge in [-0.2, -0.15) is 0 Å². The summed E-state index contributed by atoms with van der Waals surface area (Å²) >= 11 is 1.78. The van der Waals surface area contributed by atoms with Crippen LogP contribution in [0.4, 0.5) is 5.82 Å². The van der Waals surface area contributed by atoms with Gasteiger partial charge in [-0.15, -0.1) is 11.3 Å². The molecule has 23 heavy (non-hydrogen) atoms. The number of pyridine rings is 1. The van der Waals surface area contributed by atoms with Crippen molar-refractivity contribution in [2.24, 2.45) is 0 Å². The number of hydrogen-bond donors (Lipinski definition) is 1. The van der Waals surface area contributed by atoms with Gasteiger partial charge in [0.15, 0.2) is 0 Å². The van der Waals surface area contributed by atoms with Crippen molar-refractivity contribution in [3.05, 3.63) is 34.7 Å². The fraction of sp³-hybridized carbons (Fsp3) is 0.421. The molecule has 3 rings (SSSR count). The molecule has 1 N–H and O–H groups in total. The number of likely N-dealkylation sites (tertiary alicyclic amines) is 1. The summed E-state index contributed by atoms with van der Waals surface area (Å²) in [6.45, 7) is 8.05. The monoisotopic (exact) mass is 327 g/mol. The van der Waals surface area contributed by atoms with E-state index in [0.29, 0.717) is 6.04 Å². The normalized spacial score (nSPS) is 21.0. The summed E-state index contributed by atoms with van der Waals surface area (Å²) in [5, 5.41) is 9.18. The zero-order valence-corrected chi connectivity index (χ0v) is 14.8. The van der Waals surface area contributed by atoms with E-state index in [4.69, 9.17) is 4.98 Å². The predicted molar refractivity (Wildman–Crippen MR) is 102 cm³/mol. The number of anilines is 1. The number of thiophene rings is 1. The lowest BCUT2D eigenvalue weighted by atomic mass is 10.0. The molecule has 0 aliphatic carbocycles. The van der Waals surface area contributed by atoms with Gasteiger partial charge in [0.25, 0.3) is 0 Å². The van der Waals surface area contributed by atoms with Crippen LogP contribution in [0.2, 0.25) is 0 Å². The molecule has 3 nitrogen and oxygen atoms in total. The summed E-state index contributed by atoms with van der Waals surface area (Å²) in [7, 11) is 2.23. The Bertz CT molecular complexity index is 806. The van der Waals surface area contributed by atoms with Crippen molar-refractivity contribution in [1.82, 2.24) is 9.88 Å². The third kappa shape index (κ3) is 3.33. The third-order valence-electron chi connectivity index (χ3n) is 4.66. The van der Waals surface area contributed by atoms with Crippen molar-refractivity contribution in [3.8, 4) is 0 Å². The van der Waals surface area contributed by atoms with Crippen molar-refractivity contribution < 1.29 is 0 Å². The minimum Gasteiger partial charge on any atom is -0.368 e. The van der Waals surface area contributed by atoms with Gasteiger partial charge >= 0.3 is 0 Å². The van der Waals surface area contributed by atoms with E-state index in [1.807, 2.05) is 12.2 Å². The Morgan fingerprint density at radius 3 is 3.09 bits per heavy atom. The average Bonchev–Trinajstić information content (AvgIpc) is 3.04. The number of fused-ring (bicyclic) bond motifs is 1. The van der Waals surface area contributed by atoms with Crippen LogP contribution in [0.25, 0.3) is 22.2 Å². The smallest absolute Gasteiger partial charge is 0.135 e. The van der Waals surface area contributed by atoms with Crippen LogP contribution in [0.3, 0.4) is 0 Å². The molecule has 0 spiro atoms. The van der Waals surface area contributed by atoms with E-state index >= 15 is 0 Å². The van der Waals surface area contributed by atoms with Gasteiger partial charge < -0.3 is 10.2 Å². The Balaban J connectivity index is 1.96. The van der Waals surface area contributed by atoms with Crippen molar-refractivity contribution in [1.29, 1.82) is 0 Å². The second-order valence-corrected chi connectivity index (χ2v) is 7.04. The molecule has 0 saturated carbocycles. The predicted octanol–water partition coefficient (Wildman–Crippen LogP) is 2.96. The molecule has 3 heterocycles. The third-order valence-corrected chi connectivity index (χ3v) is 5.61. The Labute approximate surface area is 142 Å². The Hall–Kier alpha value is -1.65. The van der Waals surface area contributed by atoms with Crippen molar-refractivity contribution in [3.63, 3.8) is 0 Å². The van der Waals surface area contributed by atoms with Crippen LogP contribution in [0.15, 0.2) is 24.1 Å². The lowest BCUT2D eigenvalue weighted by Crippen LogP contribution is -2.41. The number of likely N-dealkylation sites (N-methyl/N-ethyl adjacent to an activating group) is 1. The molecule has 0 aromatic carbocycles. The quantitative estimate of drug-likeness (QED) is 0.936. The molecule has 0 amide bonds. The van der Waals surface area contributed by atoms with E-state index in [1.165, 1.54) is 41.1 Å². The standard InChI is InChI=1S/C19H25N3S/c1-4-8-17-15(5-2)18-16(10-12-23-18)19(21-17)20-13-14-9-6-7-11-22(14)3/h4-5,8,10,12,14H,1,6-7,9,11,13H2,2-3H3,(H,20,21)/b15-5+,17-8+. The molecule has 2 aromatic rings. The van der Waals surface area contributed by atoms with Crippen LogP contribution in [-0.4, -0.2) is 36.1 Å². The first-order valence-corrected chi connectivity index (χ1v) is 9.23. The van der Waals surface area contributed by atoms with Crippen LogP contribution in [0.1, 0.15) is 26.2 Å². The van der Waals surface area contributed by atoms with Crippen LogP contribution < -0.4 is 15.9 Å². The topological polar surface area (TPSA) is 28.2 Å². The second-order valence-electron chi connectivity index (χ2n) is 6.12. The molecule has 1 aliphatic rings. The average molecular weight is 327 g/mol. The largest absolute Gasteiger partial charge is 0.368 e. The van der Waals surface area contributed by atoms with E-state index in [9.17, 15) is 0 Å². The summed E-state index contributed by atoms with van der Waals surface area (Å²) in [4.78, 5) is 7.33. The van der Waals surface area contributed by atoms with Gasteiger partial charge in [-0.25, -0.2) is 4.98 Å². The fourth-order valence-electron chi connectivity index (χ4n) is 3.33. The Morgan fingerprint density at radius 1 is 1.48 bits per heavy atom. The summed E-state index contributed by atoms with van der Waals surface area (Å²) in [5.41, 5.74) is 0. The summed E-state index contributed by atoms with van der Waals surface area (Å²) in [6.07, 6.45) is 9.86. The molecule has 4 heteroatoms. The molecule has 2 aromatic heterocycles. The first-order chi connectivity index (χ1) is 11.2. The van der Waals surface area contributed by atoms with E-state index in [1.54, 1.807) is 11.3 Å². The number of piperidine rings is 1. The van der Waals surface area contributed by atoms with E-state index in [-0.39, 0.29) is 0 Å². The molecule has 1 unspecified atom stereocenters. The number of hydrogen-bond acceptors (Lipinski definition) is 4. The SMILES string of the molecule is C=C/C=c1/nc(NCC2CCCCN2C)c2ccsc2/c1=C/C. The minimum atomic E-state index is 0.600. The summed E-state index contributed by atoms with van der Waals surface area (Å²) in [5.74, 6) is 0.999. The van der Waals surface area contributed by atoms with Gasteiger partial charge in [0.1, 0.15) is 5.82 Å². The number of nitrogens with zero attached hydrogens (tertiary/aromatic N) is 2. The highest BCUT2D eigenvalue weighted by Crippen LogP contribution is 2.23. The molecule has 1 atom stereocenters. The van der Waals surface area contributed by atoms with Crippen molar-refractivity contribution in [2.75, 3.05) is 25.5 Å². The number of rotatable bonds is 4. The maximum absolute atomic E-state index is 4.86. The molecular formula is C19H25N3S. The fourth-order valence-corrected chi connectivity index (χ4v) is 4.31. The second kappa shape index (κ2) is 7.28. The molecule has 0 radical (unpaired) electrons. The number of aromatic nitrogens is 1. The summed E-state index contributed by atoms with van der Waals surface area (Å²) in [6, 6.07) is 2.77. The molecule has 1 fully saturated rings. The first-order valence-electron chi connectivity index (χ1n) is 8.35. The van der Waals surface area contributed by atoms with Gasteiger partial charge in [0, 0.05) is 27.9 Å².